The molecular weight excluding hydrogens is 306 g/mol. The number of hydrogen-bond acceptors (Lipinski definition) is 6. The maximum atomic E-state index is 12.4. The molecule has 1 aliphatic heterocycles. The summed E-state index contributed by atoms with van der Waals surface area (Å²) >= 11 is 1.14. The number of nitrogens with one attached hydrogen (secondary N) is 1. The summed E-state index contributed by atoms with van der Waals surface area (Å²) in [6.45, 7) is 5.94. The van der Waals surface area contributed by atoms with Crippen molar-refractivity contribution in [1.29, 1.82) is 0 Å². The standard InChI is InChI=1S/C14H21N3O4S/c1-14(2,3)21-13(19)17-7-5-6-9(17)12(18)15-11-8-10(20-4)16-22-11/h8-9H,5-7H2,1-4H3,(H,15,18)/t9-/m0/s1. The zero-order chi connectivity index (χ0) is 16.3. The minimum atomic E-state index is -0.578. The molecule has 0 aromatic carbocycles. The Balaban J connectivity index is 2.00. The van der Waals surface area contributed by atoms with Crippen LogP contribution in [0.4, 0.5) is 9.80 Å². The van der Waals surface area contributed by atoms with Crippen LogP contribution >= 0.6 is 11.5 Å². The Hall–Kier alpha value is -1.83. The van der Waals surface area contributed by atoms with Gasteiger partial charge < -0.3 is 14.8 Å². The van der Waals surface area contributed by atoms with Crippen molar-refractivity contribution in [2.45, 2.75) is 45.3 Å². The highest BCUT2D eigenvalue weighted by Gasteiger charge is 2.36. The maximum absolute atomic E-state index is 12.4. The van der Waals surface area contributed by atoms with E-state index in [1.807, 2.05) is 0 Å². The van der Waals surface area contributed by atoms with Gasteiger partial charge in [-0.15, -0.1) is 0 Å². The minimum Gasteiger partial charge on any atom is -0.480 e. The van der Waals surface area contributed by atoms with Gasteiger partial charge in [0.2, 0.25) is 11.8 Å². The lowest BCUT2D eigenvalue weighted by Gasteiger charge is -2.27. The summed E-state index contributed by atoms with van der Waals surface area (Å²) in [5.41, 5.74) is -0.578. The van der Waals surface area contributed by atoms with Gasteiger partial charge in [0.15, 0.2) is 0 Å². The van der Waals surface area contributed by atoms with Crippen LogP contribution in [0.5, 0.6) is 5.88 Å². The van der Waals surface area contributed by atoms with Gasteiger partial charge in [-0.25, -0.2) is 4.79 Å². The van der Waals surface area contributed by atoms with Crippen LogP contribution in [-0.4, -0.2) is 46.6 Å². The smallest absolute Gasteiger partial charge is 0.410 e. The molecule has 1 aromatic heterocycles. The molecule has 0 aliphatic carbocycles. The number of carbonyl (C=O) groups excluding carboxylic acids is 2. The molecule has 2 amide bonds. The van der Waals surface area contributed by atoms with Crippen molar-refractivity contribution < 1.29 is 19.1 Å². The van der Waals surface area contributed by atoms with E-state index in [4.69, 9.17) is 9.47 Å². The predicted molar refractivity (Wildman–Crippen MR) is 83.3 cm³/mol. The van der Waals surface area contributed by atoms with E-state index in [0.717, 1.165) is 18.0 Å². The van der Waals surface area contributed by atoms with Gasteiger partial charge in [-0.3, -0.25) is 9.69 Å². The van der Waals surface area contributed by atoms with E-state index in [9.17, 15) is 9.59 Å². The molecule has 2 rings (SSSR count). The van der Waals surface area contributed by atoms with Crippen molar-refractivity contribution in [3.05, 3.63) is 6.07 Å². The molecular formula is C14H21N3O4S. The summed E-state index contributed by atoms with van der Waals surface area (Å²) in [6.07, 6.45) is 0.955. The van der Waals surface area contributed by atoms with Crippen molar-refractivity contribution >= 4 is 28.5 Å². The number of rotatable bonds is 3. The van der Waals surface area contributed by atoms with Gasteiger partial charge >= 0.3 is 6.09 Å². The summed E-state index contributed by atoms with van der Waals surface area (Å²) in [6, 6.07) is 1.14. The number of carbonyl (C=O) groups is 2. The first-order valence-electron chi connectivity index (χ1n) is 7.11. The number of ether oxygens (including phenoxy) is 2. The fourth-order valence-electron chi connectivity index (χ4n) is 2.20. The van der Waals surface area contributed by atoms with Crippen LogP contribution in [-0.2, 0) is 9.53 Å². The zero-order valence-electron chi connectivity index (χ0n) is 13.2. The number of methoxy groups -OCH3 is 1. The predicted octanol–water partition coefficient (Wildman–Crippen LogP) is 2.49. The average Bonchev–Trinajstić information content (AvgIpc) is 3.04. The number of anilines is 1. The third-order valence-corrected chi connectivity index (χ3v) is 3.82. The molecule has 2 heterocycles. The number of hydrogen-bond donors (Lipinski definition) is 1. The molecule has 1 aliphatic rings. The number of aromatic nitrogens is 1. The molecule has 1 aromatic rings. The van der Waals surface area contributed by atoms with Crippen LogP contribution in [0.15, 0.2) is 6.07 Å². The number of likely N-dealkylation sites (tertiary alicyclic amines) is 1. The zero-order valence-corrected chi connectivity index (χ0v) is 14.0. The molecule has 0 radical (unpaired) electrons. The molecule has 0 bridgehead atoms. The molecule has 1 saturated heterocycles. The fraction of sp³-hybridized carbons (Fsp3) is 0.643. The van der Waals surface area contributed by atoms with E-state index in [2.05, 4.69) is 9.69 Å². The lowest BCUT2D eigenvalue weighted by Crippen LogP contribution is -2.45. The van der Waals surface area contributed by atoms with E-state index in [0.29, 0.717) is 23.8 Å². The van der Waals surface area contributed by atoms with Crippen LogP contribution in [0.1, 0.15) is 33.6 Å². The van der Waals surface area contributed by atoms with Gasteiger partial charge in [0, 0.05) is 12.6 Å². The molecule has 1 fully saturated rings. The monoisotopic (exact) mass is 327 g/mol. The highest BCUT2D eigenvalue weighted by Crippen LogP contribution is 2.25. The molecule has 0 unspecified atom stereocenters. The van der Waals surface area contributed by atoms with Gasteiger partial charge in [-0.1, -0.05) is 0 Å². The van der Waals surface area contributed by atoms with Crippen molar-refractivity contribution in [2.75, 3.05) is 19.0 Å². The summed E-state index contributed by atoms with van der Waals surface area (Å²) in [5, 5.41) is 3.37. The largest absolute Gasteiger partial charge is 0.480 e. The Bertz CT molecular complexity index is 553. The second kappa shape index (κ2) is 6.51. The number of amides is 2. The van der Waals surface area contributed by atoms with Crippen LogP contribution in [0.2, 0.25) is 0 Å². The highest BCUT2D eigenvalue weighted by molar-refractivity contribution is 7.10. The van der Waals surface area contributed by atoms with E-state index >= 15 is 0 Å². The summed E-state index contributed by atoms with van der Waals surface area (Å²) < 4.78 is 14.3. The minimum absolute atomic E-state index is 0.227. The van der Waals surface area contributed by atoms with Gasteiger partial charge in [0.1, 0.15) is 16.6 Å². The van der Waals surface area contributed by atoms with Gasteiger partial charge in [0.25, 0.3) is 0 Å². The Morgan fingerprint density at radius 1 is 1.45 bits per heavy atom. The van der Waals surface area contributed by atoms with Gasteiger partial charge in [-0.05, 0) is 45.1 Å². The van der Waals surface area contributed by atoms with Crippen LogP contribution in [0.3, 0.4) is 0 Å². The second-order valence-electron chi connectivity index (χ2n) is 6.05. The van der Waals surface area contributed by atoms with Crippen molar-refractivity contribution in [2.24, 2.45) is 0 Å². The highest BCUT2D eigenvalue weighted by atomic mass is 32.1. The van der Waals surface area contributed by atoms with Crippen LogP contribution in [0, 0.1) is 0 Å². The first-order chi connectivity index (χ1) is 10.3. The topological polar surface area (TPSA) is 80.8 Å². The second-order valence-corrected chi connectivity index (χ2v) is 6.86. The molecule has 1 N–H and O–H groups in total. The third-order valence-electron chi connectivity index (χ3n) is 3.13. The lowest BCUT2D eigenvalue weighted by molar-refractivity contribution is -0.120. The molecule has 1 atom stereocenters. The first kappa shape index (κ1) is 16.5. The van der Waals surface area contributed by atoms with Gasteiger partial charge in [-0.2, -0.15) is 4.37 Å². The van der Waals surface area contributed by atoms with Crippen molar-refractivity contribution in [1.82, 2.24) is 9.27 Å². The van der Waals surface area contributed by atoms with Gasteiger partial charge in [0.05, 0.1) is 7.11 Å². The van der Waals surface area contributed by atoms with Crippen LogP contribution in [0.25, 0.3) is 0 Å². The van der Waals surface area contributed by atoms with E-state index in [1.54, 1.807) is 26.8 Å². The molecule has 122 valence electrons. The number of nitrogens with zero attached hydrogens (tertiary/aromatic N) is 2. The molecule has 0 spiro atoms. The lowest BCUT2D eigenvalue weighted by atomic mass is 10.2. The van der Waals surface area contributed by atoms with E-state index in [1.165, 1.54) is 12.0 Å². The van der Waals surface area contributed by atoms with E-state index < -0.39 is 17.7 Å². The quantitative estimate of drug-likeness (QED) is 0.922. The van der Waals surface area contributed by atoms with Crippen LogP contribution < -0.4 is 10.1 Å². The Kier molecular flexibility index (Phi) is 4.90. The summed E-state index contributed by atoms with van der Waals surface area (Å²) in [5.74, 6) is 0.227. The summed E-state index contributed by atoms with van der Waals surface area (Å²) in [4.78, 5) is 26.0. The molecule has 8 heteroatoms. The Morgan fingerprint density at radius 3 is 2.77 bits per heavy atom. The fourth-order valence-corrected chi connectivity index (χ4v) is 2.81. The molecule has 22 heavy (non-hydrogen) atoms. The van der Waals surface area contributed by atoms with Crippen molar-refractivity contribution in [3.63, 3.8) is 0 Å². The normalized spacial score (nSPS) is 18.2. The molecule has 0 saturated carbocycles. The maximum Gasteiger partial charge on any atom is 0.410 e. The SMILES string of the molecule is COc1cc(NC(=O)[C@@H]2CCCN2C(=O)OC(C)(C)C)sn1. The first-order valence-corrected chi connectivity index (χ1v) is 7.88. The summed E-state index contributed by atoms with van der Waals surface area (Å²) in [7, 11) is 1.52. The average molecular weight is 327 g/mol. The van der Waals surface area contributed by atoms with E-state index in [-0.39, 0.29) is 5.91 Å². The third kappa shape index (κ3) is 4.09. The van der Waals surface area contributed by atoms with Crippen molar-refractivity contribution in [3.8, 4) is 5.88 Å². The Labute approximate surface area is 133 Å². The molecule has 7 nitrogen and oxygen atoms in total. The Morgan fingerprint density at radius 2 is 2.18 bits per heavy atom.